The summed E-state index contributed by atoms with van der Waals surface area (Å²) in [5, 5.41) is 19.7. The van der Waals surface area contributed by atoms with Gasteiger partial charge in [0, 0.05) is 6.42 Å². The van der Waals surface area contributed by atoms with E-state index in [0.29, 0.717) is 25.8 Å². The van der Waals surface area contributed by atoms with Gasteiger partial charge in [0.25, 0.3) is 0 Å². The standard InChI is InChI=1S/C19H38N2O5/c1-3-4-5-6-7-8-9-12-16(23)26-18(25)19(21,13-10-11-14-20)17(24)15(2)22/h15,17,22,24H,3-14,20-21H2,1-2H3/t15?,17?,19-/m1/s1. The number of unbranched alkanes of at least 4 members (excludes halogenated alkanes) is 7. The molecule has 2 unspecified atom stereocenters. The van der Waals surface area contributed by atoms with Crippen molar-refractivity contribution in [3.8, 4) is 0 Å². The third-order valence-electron chi connectivity index (χ3n) is 4.60. The van der Waals surface area contributed by atoms with Gasteiger partial charge in [-0.2, -0.15) is 0 Å². The van der Waals surface area contributed by atoms with E-state index in [2.05, 4.69) is 6.92 Å². The summed E-state index contributed by atoms with van der Waals surface area (Å²) in [7, 11) is 0. The van der Waals surface area contributed by atoms with Gasteiger partial charge in [-0.3, -0.25) is 4.79 Å². The number of hydrogen-bond acceptors (Lipinski definition) is 7. The van der Waals surface area contributed by atoms with Gasteiger partial charge >= 0.3 is 11.9 Å². The molecule has 0 saturated heterocycles. The molecule has 0 saturated carbocycles. The molecule has 0 fully saturated rings. The molecule has 0 aliphatic rings. The number of rotatable bonds is 15. The summed E-state index contributed by atoms with van der Waals surface area (Å²) in [5.41, 5.74) is 9.63. The minimum absolute atomic E-state index is 0.0831. The van der Waals surface area contributed by atoms with Crippen molar-refractivity contribution in [3.63, 3.8) is 0 Å². The zero-order chi connectivity index (χ0) is 20.0. The van der Waals surface area contributed by atoms with Crippen molar-refractivity contribution < 1.29 is 24.5 Å². The monoisotopic (exact) mass is 374 g/mol. The molecular formula is C19H38N2O5. The average molecular weight is 375 g/mol. The van der Waals surface area contributed by atoms with Crippen LogP contribution in [0.4, 0.5) is 0 Å². The molecule has 0 radical (unpaired) electrons. The highest BCUT2D eigenvalue weighted by atomic mass is 16.6. The molecule has 0 spiro atoms. The molecule has 0 amide bonds. The third kappa shape index (κ3) is 9.62. The van der Waals surface area contributed by atoms with E-state index >= 15 is 0 Å². The van der Waals surface area contributed by atoms with Gasteiger partial charge in [-0.15, -0.1) is 0 Å². The number of ether oxygens (including phenoxy) is 1. The summed E-state index contributed by atoms with van der Waals surface area (Å²) in [6.45, 7) is 3.92. The van der Waals surface area contributed by atoms with Gasteiger partial charge in [0.05, 0.1) is 6.10 Å². The van der Waals surface area contributed by atoms with Gasteiger partial charge in [0.15, 0.2) is 0 Å². The summed E-state index contributed by atoms with van der Waals surface area (Å²) in [5.74, 6) is -1.63. The van der Waals surface area contributed by atoms with Crippen LogP contribution in [0.1, 0.15) is 84.5 Å². The molecule has 0 rings (SSSR count). The SMILES string of the molecule is CCCCCCCCCC(=O)OC(=O)[C@@](N)(CCCCN)C(O)C(C)O. The Morgan fingerprint density at radius 3 is 2.12 bits per heavy atom. The van der Waals surface area contributed by atoms with Crippen LogP contribution >= 0.6 is 0 Å². The molecular weight excluding hydrogens is 336 g/mol. The predicted molar refractivity (Wildman–Crippen MR) is 101 cm³/mol. The van der Waals surface area contributed by atoms with Crippen LogP contribution < -0.4 is 11.5 Å². The normalized spacial score (nSPS) is 15.9. The Morgan fingerprint density at radius 2 is 1.58 bits per heavy atom. The van der Waals surface area contributed by atoms with Crippen LogP contribution in [0.5, 0.6) is 0 Å². The molecule has 7 heteroatoms. The Labute approximate surface area is 157 Å². The smallest absolute Gasteiger partial charge is 0.336 e. The molecule has 0 aromatic heterocycles. The highest BCUT2D eigenvalue weighted by Gasteiger charge is 2.45. The summed E-state index contributed by atoms with van der Waals surface area (Å²) in [6.07, 6.45) is 5.99. The van der Waals surface area contributed by atoms with Gasteiger partial charge in [0.2, 0.25) is 0 Å². The molecule has 0 heterocycles. The van der Waals surface area contributed by atoms with Gasteiger partial charge in [-0.05, 0) is 39.2 Å². The second-order valence-electron chi connectivity index (χ2n) is 7.10. The van der Waals surface area contributed by atoms with Crippen LogP contribution in [0.2, 0.25) is 0 Å². The van der Waals surface area contributed by atoms with E-state index in [1.807, 2.05) is 0 Å². The fourth-order valence-electron chi connectivity index (χ4n) is 2.84. The summed E-state index contributed by atoms with van der Waals surface area (Å²) >= 11 is 0. The van der Waals surface area contributed by atoms with E-state index in [4.69, 9.17) is 16.2 Å². The van der Waals surface area contributed by atoms with Crippen molar-refractivity contribution in [1.29, 1.82) is 0 Å². The third-order valence-corrected chi connectivity index (χ3v) is 4.60. The summed E-state index contributed by atoms with van der Waals surface area (Å²) in [6, 6.07) is 0. The van der Waals surface area contributed by atoms with Crippen LogP contribution in [0.3, 0.4) is 0 Å². The molecule has 0 aliphatic carbocycles. The van der Waals surface area contributed by atoms with Crippen molar-refractivity contribution in [2.24, 2.45) is 11.5 Å². The first-order valence-corrected chi connectivity index (χ1v) is 9.89. The fourth-order valence-corrected chi connectivity index (χ4v) is 2.84. The largest absolute Gasteiger partial charge is 0.392 e. The van der Waals surface area contributed by atoms with Gasteiger partial charge < -0.3 is 26.4 Å². The van der Waals surface area contributed by atoms with E-state index in [9.17, 15) is 19.8 Å². The quantitative estimate of drug-likeness (QED) is 0.195. The molecule has 26 heavy (non-hydrogen) atoms. The highest BCUT2D eigenvalue weighted by molar-refractivity contribution is 5.91. The fraction of sp³-hybridized carbons (Fsp3) is 0.895. The van der Waals surface area contributed by atoms with E-state index < -0.39 is 29.7 Å². The van der Waals surface area contributed by atoms with Crippen LogP contribution in [0.15, 0.2) is 0 Å². The molecule has 0 aromatic rings. The lowest BCUT2D eigenvalue weighted by Gasteiger charge is -2.33. The van der Waals surface area contributed by atoms with E-state index in [1.54, 1.807) is 0 Å². The zero-order valence-electron chi connectivity index (χ0n) is 16.4. The Balaban J connectivity index is 4.42. The molecule has 0 aromatic carbocycles. The topological polar surface area (TPSA) is 136 Å². The molecule has 0 aliphatic heterocycles. The maximum absolute atomic E-state index is 12.4. The minimum Gasteiger partial charge on any atom is -0.392 e. The predicted octanol–water partition coefficient (Wildman–Crippen LogP) is 1.77. The van der Waals surface area contributed by atoms with Crippen LogP contribution in [0.25, 0.3) is 0 Å². The van der Waals surface area contributed by atoms with Crippen LogP contribution in [0, 0.1) is 0 Å². The van der Waals surface area contributed by atoms with E-state index in [1.165, 1.54) is 26.2 Å². The van der Waals surface area contributed by atoms with Crippen LogP contribution in [-0.2, 0) is 14.3 Å². The van der Waals surface area contributed by atoms with Gasteiger partial charge in [0.1, 0.15) is 11.6 Å². The Morgan fingerprint density at radius 1 is 1.00 bits per heavy atom. The number of aliphatic hydroxyl groups excluding tert-OH is 2. The number of hydrogen-bond donors (Lipinski definition) is 4. The Kier molecular flexibility index (Phi) is 13.5. The maximum Gasteiger partial charge on any atom is 0.336 e. The van der Waals surface area contributed by atoms with Gasteiger partial charge in [-0.25, -0.2) is 4.79 Å². The minimum atomic E-state index is -1.82. The van der Waals surface area contributed by atoms with Crippen molar-refractivity contribution >= 4 is 11.9 Å². The van der Waals surface area contributed by atoms with E-state index in [0.717, 1.165) is 19.3 Å². The lowest BCUT2D eigenvalue weighted by molar-refractivity contribution is -0.169. The highest BCUT2D eigenvalue weighted by Crippen LogP contribution is 2.21. The molecule has 154 valence electrons. The van der Waals surface area contributed by atoms with Crippen molar-refractivity contribution in [2.45, 2.75) is 102 Å². The van der Waals surface area contributed by atoms with Crippen molar-refractivity contribution in [3.05, 3.63) is 0 Å². The molecule has 6 N–H and O–H groups in total. The number of carbonyl (C=O) groups is 2. The Bertz CT molecular complexity index is 403. The second kappa shape index (κ2) is 14.1. The molecule has 0 bridgehead atoms. The first kappa shape index (κ1) is 25.0. The number of nitrogens with two attached hydrogens (primary N) is 2. The lowest BCUT2D eigenvalue weighted by Crippen LogP contribution is -2.61. The zero-order valence-corrected chi connectivity index (χ0v) is 16.4. The number of esters is 2. The van der Waals surface area contributed by atoms with E-state index in [-0.39, 0.29) is 12.8 Å². The first-order chi connectivity index (χ1) is 12.3. The average Bonchev–Trinajstić information content (AvgIpc) is 2.60. The molecule has 7 nitrogen and oxygen atoms in total. The van der Waals surface area contributed by atoms with Crippen molar-refractivity contribution in [1.82, 2.24) is 0 Å². The maximum atomic E-state index is 12.4. The number of carbonyl (C=O) groups excluding carboxylic acids is 2. The summed E-state index contributed by atoms with van der Waals surface area (Å²) in [4.78, 5) is 24.2. The lowest BCUT2D eigenvalue weighted by atomic mass is 9.85. The van der Waals surface area contributed by atoms with Crippen LogP contribution in [-0.4, -0.2) is 46.4 Å². The first-order valence-electron chi connectivity index (χ1n) is 9.89. The second-order valence-corrected chi connectivity index (χ2v) is 7.10. The summed E-state index contributed by atoms with van der Waals surface area (Å²) < 4.78 is 4.86. The van der Waals surface area contributed by atoms with Gasteiger partial charge in [-0.1, -0.05) is 45.4 Å². The number of aliphatic hydroxyl groups is 2. The molecule has 3 atom stereocenters. The Hall–Kier alpha value is -1.02. The van der Waals surface area contributed by atoms with Crippen molar-refractivity contribution in [2.75, 3.05) is 6.54 Å².